The van der Waals surface area contributed by atoms with E-state index in [1.54, 1.807) is 22.7 Å². The first-order valence-electron chi connectivity index (χ1n) is 14.1. The molecule has 7 nitrogen and oxygen atoms in total. The number of rotatable bonds is 13. The van der Waals surface area contributed by atoms with Gasteiger partial charge >= 0.3 is 5.97 Å². The summed E-state index contributed by atoms with van der Waals surface area (Å²) >= 11 is 1.67. The Morgan fingerprint density at radius 3 is 2.45 bits per heavy atom. The van der Waals surface area contributed by atoms with Crippen LogP contribution in [-0.4, -0.2) is 80.6 Å². The van der Waals surface area contributed by atoms with Crippen LogP contribution in [-0.2, 0) is 19.1 Å². The highest BCUT2D eigenvalue weighted by molar-refractivity contribution is 8.02. The van der Waals surface area contributed by atoms with Gasteiger partial charge in [0.05, 0.1) is 16.6 Å². The van der Waals surface area contributed by atoms with Gasteiger partial charge in [-0.05, 0) is 57.3 Å². The Morgan fingerprint density at radius 1 is 1.18 bits per heavy atom. The van der Waals surface area contributed by atoms with Gasteiger partial charge in [-0.3, -0.25) is 14.4 Å². The van der Waals surface area contributed by atoms with Gasteiger partial charge in [0.25, 0.3) is 0 Å². The Morgan fingerprint density at radius 2 is 1.87 bits per heavy atom. The average molecular weight is 549 g/mol. The number of carbonyl (C=O) groups is 3. The number of unbranched alkanes of at least 4 members (excludes halogenated alkanes) is 2. The van der Waals surface area contributed by atoms with Crippen molar-refractivity contribution in [1.82, 2.24) is 9.80 Å². The highest BCUT2D eigenvalue weighted by Gasteiger charge is 2.76. The van der Waals surface area contributed by atoms with Crippen LogP contribution in [0.5, 0.6) is 0 Å². The summed E-state index contributed by atoms with van der Waals surface area (Å²) < 4.78 is 4.80. The van der Waals surface area contributed by atoms with Crippen molar-refractivity contribution in [2.75, 3.05) is 26.3 Å². The Bertz CT molecular complexity index is 928. The van der Waals surface area contributed by atoms with Crippen LogP contribution in [0, 0.1) is 23.2 Å². The number of carbonyl (C=O) groups excluding carboxylic acids is 3. The molecule has 3 unspecified atom stereocenters. The van der Waals surface area contributed by atoms with Crippen LogP contribution in [0.2, 0.25) is 0 Å². The number of hydrogen-bond acceptors (Lipinski definition) is 6. The first kappa shape index (κ1) is 30.7. The second-order valence-electron chi connectivity index (χ2n) is 13.1. The monoisotopic (exact) mass is 548 g/mol. The maximum atomic E-state index is 14.7. The SMILES string of the molecule is C=CCOC(=O)[C@@H]1[C@H]2C(=O)N(CCCCCO)C(C(=O)N(CC=C)C(C)(C)CC(C)(C)C)C23S[C@@H]1CC3C. The average Bonchev–Trinajstić information content (AvgIpc) is 3.40. The Kier molecular flexibility index (Phi) is 9.50. The van der Waals surface area contributed by atoms with Crippen LogP contribution in [0.25, 0.3) is 0 Å². The second kappa shape index (κ2) is 11.7. The predicted octanol–water partition coefficient (Wildman–Crippen LogP) is 4.44. The smallest absolute Gasteiger partial charge is 0.311 e. The molecule has 3 aliphatic heterocycles. The van der Waals surface area contributed by atoms with E-state index in [1.165, 1.54) is 6.08 Å². The molecule has 0 aromatic rings. The van der Waals surface area contributed by atoms with Crippen molar-refractivity contribution in [3.8, 4) is 0 Å². The maximum Gasteiger partial charge on any atom is 0.311 e. The van der Waals surface area contributed by atoms with Crippen molar-refractivity contribution in [2.24, 2.45) is 23.2 Å². The zero-order valence-electron chi connectivity index (χ0n) is 24.2. The van der Waals surface area contributed by atoms with E-state index in [4.69, 9.17) is 4.74 Å². The third-order valence-electron chi connectivity index (χ3n) is 8.42. The number of thioether (sulfide) groups is 1. The van der Waals surface area contributed by atoms with E-state index in [1.807, 2.05) is 4.90 Å². The number of likely N-dealkylation sites (tertiary alicyclic amines) is 1. The fourth-order valence-corrected chi connectivity index (χ4v) is 9.82. The van der Waals surface area contributed by atoms with E-state index in [0.29, 0.717) is 25.9 Å². The molecule has 0 aliphatic carbocycles. The summed E-state index contributed by atoms with van der Waals surface area (Å²) in [5.41, 5.74) is -0.468. The molecule has 3 saturated heterocycles. The van der Waals surface area contributed by atoms with Gasteiger partial charge in [-0.1, -0.05) is 46.4 Å². The summed E-state index contributed by atoms with van der Waals surface area (Å²) in [6.45, 7) is 21.4. The number of esters is 1. The summed E-state index contributed by atoms with van der Waals surface area (Å²) in [6, 6.07) is -0.657. The van der Waals surface area contributed by atoms with Crippen molar-refractivity contribution >= 4 is 29.5 Å². The lowest BCUT2D eigenvalue weighted by Crippen LogP contribution is -2.61. The van der Waals surface area contributed by atoms with Crippen LogP contribution >= 0.6 is 11.8 Å². The summed E-state index contributed by atoms with van der Waals surface area (Å²) in [5.74, 6) is -1.57. The molecular weight excluding hydrogens is 500 g/mol. The molecule has 6 atom stereocenters. The molecule has 8 heteroatoms. The maximum absolute atomic E-state index is 14.7. The van der Waals surface area contributed by atoms with E-state index in [2.05, 4.69) is 54.7 Å². The number of fused-ring (bicyclic) bond motifs is 1. The number of nitrogens with zero attached hydrogens (tertiary/aromatic N) is 2. The molecule has 0 aromatic heterocycles. The Balaban J connectivity index is 2.07. The molecular formula is C30H48N2O5S. The number of aliphatic hydroxyl groups excluding tert-OH is 1. The molecule has 0 aromatic carbocycles. The largest absolute Gasteiger partial charge is 0.461 e. The minimum absolute atomic E-state index is 0.00659. The zero-order chi connectivity index (χ0) is 28.5. The van der Waals surface area contributed by atoms with Crippen molar-refractivity contribution in [3.63, 3.8) is 0 Å². The second-order valence-corrected chi connectivity index (χ2v) is 14.6. The van der Waals surface area contributed by atoms with Crippen LogP contribution in [0.3, 0.4) is 0 Å². The van der Waals surface area contributed by atoms with Gasteiger partial charge in [0.1, 0.15) is 12.6 Å². The predicted molar refractivity (Wildman–Crippen MR) is 153 cm³/mol. The standard InChI is InChI=1S/C30H48N2O5S/c1-9-14-32(29(7,8)19-28(4,5)6)26(35)24-30-20(3)18-21(38-30)22(27(36)37-17-10-2)23(30)25(34)31(24)15-12-11-13-16-33/h9-10,20-24,33H,1-2,11-19H2,3-8H3/t20?,21-,22+,23+,24?,30?/m1/s1. The van der Waals surface area contributed by atoms with Gasteiger partial charge in [0.15, 0.2) is 0 Å². The topological polar surface area (TPSA) is 87.1 Å². The van der Waals surface area contributed by atoms with E-state index in [0.717, 1.165) is 19.3 Å². The van der Waals surface area contributed by atoms with Crippen molar-refractivity contribution in [3.05, 3.63) is 25.3 Å². The lowest BCUT2D eigenvalue weighted by Gasteiger charge is -2.46. The molecule has 2 amide bonds. The van der Waals surface area contributed by atoms with E-state index >= 15 is 0 Å². The van der Waals surface area contributed by atoms with Crippen LogP contribution in [0.15, 0.2) is 25.3 Å². The molecule has 3 fully saturated rings. The highest BCUT2D eigenvalue weighted by Crippen LogP contribution is 2.69. The Hall–Kier alpha value is -1.80. The molecule has 38 heavy (non-hydrogen) atoms. The quantitative estimate of drug-likeness (QED) is 0.208. The third kappa shape index (κ3) is 5.58. The van der Waals surface area contributed by atoms with Gasteiger partial charge in [-0.25, -0.2) is 0 Å². The molecule has 3 heterocycles. The summed E-state index contributed by atoms with van der Waals surface area (Å²) in [6.07, 6.45) is 6.97. The molecule has 3 rings (SSSR count). The molecule has 214 valence electrons. The van der Waals surface area contributed by atoms with Crippen molar-refractivity contribution in [1.29, 1.82) is 0 Å². The molecule has 0 radical (unpaired) electrons. The molecule has 1 spiro atoms. The number of hydrogen-bond donors (Lipinski definition) is 1. The normalized spacial score (nSPS) is 30.3. The Labute approximate surface area is 233 Å². The van der Waals surface area contributed by atoms with Gasteiger partial charge in [0.2, 0.25) is 11.8 Å². The highest BCUT2D eigenvalue weighted by atomic mass is 32.2. The molecule has 3 aliphatic rings. The number of amides is 2. The summed E-state index contributed by atoms with van der Waals surface area (Å²) in [7, 11) is 0. The fraction of sp³-hybridized carbons (Fsp3) is 0.767. The van der Waals surface area contributed by atoms with Crippen molar-refractivity contribution < 1.29 is 24.2 Å². The van der Waals surface area contributed by atoms with E-state index < -0.39 is 28.2 Å². The van der Waals surface area contributed by atoms with Crippen LogP contribution in [0.1, 0.15) is 73.6 Å². The minimum Gasteiger partial charge on any atom is -0.461 e. The van der Waals surface area contributed by atoms with Crippen molar-refractivity contribution in [2.45, 2.75) is 95.2 Å². The van der Waals surface area contributed by atoms with E-state index in [9.17, 15) is 19.5 Å². The zero-order valence-corrected chi connectivity index (χ0v) is 25.0. The van der Waals surface area contributed by atoms with Gasteiger partial charge in [-0.2, -0.15) is 0 Å². The lowest BCUT2D eigenvalue weighted by atomic mass is 9.66. The van der Waals surface area contributed by atoms with Crippen LogP contribution in [0.4, 0.5) is 0 Å². The first-order valence-corrected chi connectivity index (χ1v) is 14.9. The van der Waals surface area contributed by atoms with E-state index in [-0.39, 0.29) is 47.6 Å². The number of aliphatic hydroxyl groups is 1. The summed E-state index contributed by atoms with van der Waals surface area (Å²) in [5, 5.41) is 9.23. The first-order chi connectivity index (χ1) is 17.8. The lowest BCUT2D eigenvalue weighted by molar-refractivity contribution is -0.153. The molecule has 2 bridgehead atoms. The van der Waals surface area contributed by atoms with Gasteiger partial charge in [-0.15, -0.1) is 18.3 Å². The third-order valence-corrected chi connectivity index (χ3v) is 10.5. The number of ether oxygens (including phenoxy) is 1. The van der Waals surface area contributed by atoms with Crippen LogP contribution < -0.4 is 0 Å². The fourth-order valence-electron chi connectivity index (χ4n) is 7.42. The molecule has 0 saturated carbocycles. The minimum atomic E-state index is -0.676. The summed E-state index contributed by atoms with van der Waals surface area (Å²) in [4.78, 5) is 45.8. The molecule has 1 N–H and O–H groups in total. The van der Waals surface area contributed by atoms with Gasteiger partial charge < -0.3 is 19.6 Å². The van der Waals surface area contributed by atoms with Gasteiger partial charge in [0, 0.05) is 30.5 Å².